The van der Waals surface area contributed by atoms with E-state index in [0.29, 0.717) is 19.4 Å². The first-order valence-corrected chi connectivity index (χ1v) is 11.3. The van der Waals surface area contributed by atoms with Crippen molar-refractivity contribution in [3.8, 4) is 0 Å². The van der Waals surface area contributed by atoms with Crippen LogP contribution in [0.2, 0.25) is 0 Å². The van der Waals surface area contributed by atoms with Crippen LogP contribution in [0.5, 0.6) is 0 Å². The number of benzene rings is 2. The predicted molar refractivity (Wildman–Crippen MR) is 121 cm³/mol. The summed E-state index contributed by atoms with van der Waals surface area (Å²) in [6, 6.07) is 17.9. The SMILES string of the molecule is CCCC(=O)N(Cc1cccc(C)c1)C(Cc1ccccc1)C(=O)NC1CCCC1. The van der Waals surface area contributed by atoms with Crippen LogP contribution in [-0.4, -0.2) is 28.8 Å². The minimum absolute atomic E-state index is 0.0251. The maximum Gasteiger partial charge on any atom is 0.243 e. The van der Waals surface area contributed by atoms with Crippen LogP contribution >= 0.6 is 0 Å². The summed E-state index contributed by atoms with van der Waals surface area (Å²) in [5.74, 6) is 0.0179. The minimum atomic E-state index is -0.507. The second-order valence-corrected chi connectivity index (χ2v) is 8.46. The van der Waals surface area contributed by atoms with E-state index >= 15 is 0 Å². The molecular weight excluding hydrogens is 372 g/mol. The van der Waals surface area contributed by atoms with Gasteiger partial charge in [0.15, 0.2) is 0 Å². The molecule has 0 saturated heterocycles. The Morgan fingerprint density at radius 2 is 1.73 bits per heavy atom. The third-order valence-corrected chi connectivity index (χ3v) is 5.87. The summed E-state index contributed by atoms with van der Waals surface area (Å²) >= 11 is 0. The van der Waals surface area contributed by atoms with Gasteiger partial charge >= 0.3 is 0 Å². The van der Waals surface area contributed by atoms with Gasteiger partial charge < -0.3 is 10.2 Å². The molecule has 4 nitrogen and oxygen atoms in total. The Kier molecular flexibility index (Phi) is 8.06. The van der Waals surface area contributed by atoms with Crippen LogP contribution in [0.4, 0.5) is 0 Å². The van der Waals surface area contributed by atoms with Gasteiger partial charge in [0.05, 0.1) is 0 Å². The van der Waals surface area contributed by atoms with Crippen LogP contribution in [0.15, 0.2) is 54.6 Å². The molecule has 30 heavy (non-hydrogen) atoms. The molecule has 160 valence electrons. The van der Waals surface area contributed by atoms with E-state index < -0.39 is 6.04 Å². The van der Waals surface area contributed by atoms with Gasteiger partial charge in [-0.2, -0.15) is 0 Å². The molecule has 3 rings (SSSR count). The van der Waals surface area contributed by atoms with Gasteiger partial charge in [-0.25, -0.2) is 0 Å². The number of hydrogen-bond acceptors (Lipinski definition) is 2. The fourth-order valence-electron chi connectivity index (χ4n) is 4.29. The van der Waals surface area contributed by atoms with Crippen LogP contribution in [-0.2, 0) is 22.6 Å². The number of amides is 2. The van der Waals surface area contributed by atoms with Crippen molar-refractivity contribution in [2.45, 2.75) is 77.4 Å². The molecule has 0 aromatic heterocycles. The Bertz CT molecular complexity index is 828. The second-order valence-electron chi connectivity index (χ2n) is 8.46. The standard InChI is InChI=1S/C26H34N2O2/c1-3-10-25(29)28(19-22-14-9-11-20(2)17-22)24(18-21-12-5-4-6-13-21)26(30)27-23-15-7-8-16-23/h4-6,9,11-14,17,23-24H,3,7-8,10,15-16,18-19H2,1-2H3,(H,27,30). The molecule has 1 fully saturated rings. The molecule has 1 N–H and O–H groups in total. The lowest BCUT2D eigenvalue weighted by Gasteiger charge is -2.32. The summed E-state index contributed by atoms with van der Waals surface area (Å²) in [5, 5.41) is 3.24. The van der Waals surface area contributed by atoms with E-state index in [0.717, 1.165) is 48.8 Å². The van der Waals surface area contributed by atoms with Crippen LogP contribution in [0, 0.1) is 6.92 Å². The molecule has 0 aliphatic heterocycles. The van der Waals surface area contributed by atoms with E-state index in [1.807, 2.05) is 49.4 Å². The lowest BCUT2D eigenvalue weighted by Crippen LogP contribution is -2.52. The van der Waals surface area contributed by atoms with Crippen LogP contribution in [0.3, 0.4) is 0 Å². The topological polar surface area (TPSA) is 49.4 Å². The van der Waals surface area contributed by atoms with Gasteiger partial charge in [-0.1, -0.05) is 79.9 Å². The molecule has 0 spiro atoms. The van der Waals surface area contributed by atoms with E-state index in [9.17, 15) is 9.59 Å². The number of rotatable bonds is 9. The molecule has 1 unspecified atom stereocenters. The maximum absolute atomic E-state index is 13.4. The first-order chi connectivity index (χ1) is 14.6. The number of nitrogens with one attached hydrogen (secondary N) is 1. The van der Waals surface area contributed by atoms with E-state index in [2.05, 4.69) is 24.4 Å². The second kappa shape index (κ2) is 11.0. The zero-order chi connectivity index (χ0) is 21.3. The summed E-state index contributed by atoms with van der Waals surface area (Å²) in [5.41, 5.74) is 3.29. The third kappa shape index (κ3) is 6.19. The summed E-state index contributed by atoms with van der Waals surface area (Å²) in [6.07, 6.45) is 6.14. The fraction of sp³-hybridized carbons (Fsp3) is 0.462. The molecule has 1 aliphatic carbocycles. The van der Waals surface area contributed by atoms with E-state index in [1.54, 1.807) is 4.90 Å². The predicted octanol–water partition coefficient (Wildman–Crippen LogP) is 4.79. The number of carbonyl (C=O) groups is 2. The summed E-state index contributed by atoms with van der Waals surface area (Å²) < 4.78 is 0. The third-order valence-electron chi connectivity index (χ3n) is 5.87. The van der Waals surface area contributed by atoms with Crippen molar-refractivity contribution < 1.29 is 9.59 Å². The average Bonchev–Trinajstić information content (AvgIpc) is 3.24. The highest BCUT2D eigenvalue weighted by Gasteiger charge is 2.31. The van der Waals surface area contributed by atoms with Gasteiger partial charge in [0.25, 0.3) is 0 Å². The Morgan fingerprint density at radius 3 is 2.40 bits per heavy atom. The molecule has 4 heteroatoms. The van der Waals surface area contributed by atoms with Crippen LogP contribution in [0.1, 0.15) is 62.1 Å². The average molecular weight is 407 g/mol. The molecule has 2 amide bonds. The highest BCUT2D eigenvalue weighted by Crippen LogP contribution is 2.20. The van der Waals surface area contributed by atoms with Gasteiger partial charge in [-0.3, -0.25) is 9.59 Å². The number of carbonyl (C=O) groups excluding carboxylic acids is 2. The van der Waals surface area contributed by atoms with E-state index in [1.165, 1.54) is 0 Å². The summed E-state index contributed by atoms with van der Waals surface area (Å²) in [7, 11) is 0. The first-order valence-electron chi connectivity index (χ1n) is 11.3. The largest absolute Gasteiger partial charge is 0.352 e. The van der Waals surface area contributed by atoms with Crippen LogP contribution < -0.4 is 5.32 Å². The molecule has 0 radical (unpaired) electrons. The van der Waals surface area contributed by atoms with Crippen molar-refractivity contribution in [1.29, 1.82) is 0 Å². The minimum Gasteiger partial charge on any atom is -0.352 e. The lowest BCUT2D eigenvalue weighted by molar-refractivity contribution is -0.141. The zero-order valence-corrected chi connectivity index (χ0v) is 18.3. The molecule has 2 aromatic carbocycles. The van der Waals surface area contributed by atoms with Crippen molar-refractivity contribution in [1.82, 2.24) is 10.2 Å². The normalized spacial score (nSPS) is 15.0. The highest BCUT2D eigenvalue weighted by atomic mass is 16.2. The van der Waals surface area contributed by atoms with Crippen LogP contribution in [0.25, 0.3) is 0 Å². The smallest absolute Gasteiger partial charge is 0.243 e. The van der Waals surface area contributed by atoms with Gasteiger partial charge in [0, 0.05) is 25.4 Å². The summed E-state index contributed by atoms with van der Waals surface area (Å²) in [4.78, 5) is 28.4. The summed E-state index contributed by atoms with van der Waals surface area (Å²) in [6.45, 7) is 4.51. The Balaban J connectivity index is 1.88. The molecule has 1 aliphatic rings. The zero-order valence-electron chi connectivity index (χ0n) is 18.3. The van der Waals surface area contributed by atoms with Crippen molar-refractivity contribution >= 4 is 11.8 Å². The molecular formula is C26H34N2O2. The quantitative estimate of drug-likeness (QED) is 0.651. The van der Waals surface area contributed by atoms with Crippen molar-refractivity contribution in [3.05, 3.63) is 71.3 Å². The molecule has 1 saturated carbocycles. The first kappa shape index (κ1) is 22.1. The van der Waals surface area contributed by atoms with Crippen molar-refractivity contribution in [2.75, 3.05) is 0 Å². The Hall–Kier alpha value is -2.62. The number of aryl methyl sites for hydroxylation is 1. The molecule has 0 heterocycles. The van der Waals surface area contributed by atoms with Gasteiger partial charge in [-0.05, 0) is 37.3 Å². The van der Waals surface area contributed by atoms with E-state index in [-0.39, 0.29) is 17.9 Å². The van der Waals surface area contributed by atoms with Gasteiger partial charge in [0.1, 0.15) is 6.04 Å². The van der Waals surface area contributed by atoms with E-state index in [4.69, 9.17) is 0 Å². The number of nitrogens with zero attached hydrogens (tertiary/aromatic N) is 1. The molecule has 1 atom stereocenters. The maximum atomic E-state index is 13.4. The Labute approximate surface area is 180 Å². The number of hydrogen-bond donors (Lipinski definition) is 1. The Morgan fingerprint density at radius 1 is 1.03 bits per heavy atom. The highest BCUT2D eigenvalue weighted by molar-refractivity contribution is 5.88. The molecule has 2 aromatic rings. The lowest BCUT2D eigenvalue weighted by atomic mass is 10.0. The van der Waals surface area contributed by atoms with Crippen molar-refractivity contribution in [2.24, 2.45) is 0 Å². The molecule has 0 bridgehead atoms. The van der Waals surface area contributed by atoms with Crippen molar-refractivity contribution in [3.63, 3.8) is 0 Å². The fourth-order valence-corrected chi connectivity index (χ4v) is 4.29. The van der Waals surface area contributed by atoms with Gasteiger partial charge in [0.2, 0.25) is 11.8 Å². The monoisotopic (exact) mass is 406 g/mol. The van der Waals surface area contributed by atoms with Gasteiger partial charge in [-0.15, -0.1) is 0 Å².